The number of hydrogen-bond acceptors (Lipinski definition) is 7. The maximum absolute atomic E-state index is 13.1. The van der Waals surface area contributed by atoms with Gasteiger partial charge in [-0.3, -0.25) is 9.78 Å². The average Bonchev–Trinajstić information content (AvgIpc) is 2.72. The number of rotatable bonds is 4. The maximum atomic E-state index is 13.1. The van der Waals surface area contributed by atoms with Crippen LogP contribution in [0.1, 0.15) is 40.7 Å². The molecule has 3 N–H and O–H groups in total. The highest BCUT2D eigenvalue weighted by Crippen LogP contribution is 2.31. The van der Waals surface area contributed by atoms with Crippen LogP contribution in [0.4, 0.5) is 5.69 Å². The first-order chi connectivity index (χ1) is 14.0. The molecular formula is C20H23N5O3S. The summed E-state index contributed by atoms with van der Waals surface area (Å²) in [6.07, 6.45) is 6.24. The number of hydrogen-bond donors (Lipinski definition) is 2. The quantitative estimate of drug-likeness (QED) is 0.742. The number of aryl methyl sites for hydroxylation is 1. The summed E-state index contributed by atoms with van der Waals surface area (Å²) in [5.74, 6) is 0.745. The van der Waals surface area contributed by atoms with Crippen LogP contribution in [0.15, 0.2) is 41.1 Å². The third-order valence-corrected chi connectivity index (χ3v) is 5.99. The van der Waals surface area contributed by atoms with Crippen molar-refractivity contribution >= 4 is 29.0 Å². The Morgan fingerprint density at radius 2 is 2.28 bits per heavy atom. The normalized spacial score (nSPS) is 21.0. The molecule has 0 spiro atoms. The van der Waals surface area contributed by atoms with E-state index < -0.39 is 11.5 Å². The Kier molecular flexibility index (Phi) is 5.59. The van der Waals surface area contributed by atoms with Crippen LogP contribution in [-0.4, -0.2) is 45.4 Å². The van der Waals surface area contributed by atoms with Gasteiger partial charge in [0.05, 0.1) is 17.3 Å². The standard InChI is InChI=1S/C20H23N5O3S/c1-13-11-22-9-8-15(13)20(26)25-10-3-2-5-14(25)12-28-17-7-4-6-16-18(17)19(21)24-29(27)23-16/h4,6-9,11,14,23H,2-3,5,10,12H2,1H3,(H2,21,24)/t14-,29?/m1/s1. The minimum Gasteiger partial charge on any atom is -0.566 e. The summed E-state index contributed by atoms with van der Waals surface area (Å²) in [5, 5.41) is 0. The second kappa shape index (κ2) is 8.30. The van der Waals surface area contributed by atoms with Crippen LogP contribution < -0.4 is 15.2 Å². The zero-order chi connectivity index (χ0) is 20.4. The first kappa shape index (κ1) is 19.5. The average molecular weight is 414 g/mol. The van der Waals surface area contributed by atoms with Gasteiger partial charge in [0.15, 0.2) is 5.84 Å². The molecule has 1 amide bonds. The highest BCUT2D eigenvalue weighted by Gasteiger charge is 2.30. The van der Waals surface area contributed by atoms with Crippen LogP contribution in [0.25, 0.3) is 0 Å². The fourth-order valence-electron chi connectivity index (χ4n) is 3.75. The van der Waals surface area contributed by atoms with E-state index >= 15 is 0 Å². The van der Waals surface area contributed by atoms with Gasteiger partial charge in [0.2, 0.25) is 11.5 Å². The van der Waals surface area contributed by atoms with Gasteiger partial charge in [0.1, 0.15) is 12.4 Å². The molecule has 29 heavy (non-hydrogen) atoms. The topological polar surface area (TPSA) is 116 Å². The first-order valence-corrected chi connectivity index (χ1v) is 10.7. The van der Waals surface area contributed by atoms with Crippen LogP contribution in [0.5, 0.6) is 5.75 Å². The number of piperidine rings is 1. The van der Waals surface area contributed by atoms with E-state index in [1.807, 2.05) is 11.8 Å². The Morgan fingerprint density at radius 3 is 3.10 bits per heavy atom. The molecule has 2 aliphatic rings. The predicted octanol–water partition coefficient (Wildman–Crippen LogP) is 2.17. The van der Waals surface area contributed by atoms with Crippen LogP contribution in [0.3, 0.4) is 0 Å². The lowest BCUT2D eigenvalue weighted by molar-refractivity contribution is 0.0527. The smallest absolute Gasteiger partial charge is 0.254 e. The minimum atomic E-state index is -1.58. The molecule has 1 aromatic heterocycles. The summed E-state index contributed by atoms with van der Waals surface area (Å²) in [4.78, 5) is 19.1. The number of pyridine rings is 1. The molecule has 4 rings (SSSR count). The number of anilines is 1. The number of carbonyl (C=O) groups excluding carboxylic acids is 1. The number of likely N-dealkylation sites (tertiary alicyclic amines) is 1. The molecule has 1 fully saturated rings. The van der Waals surface area contributed by atoms with E-state index in [-0.39, 0.29) is 17.8 Å². The highest BCUT2D eigenvalue weighted by molar-refractivity contribution is 7.91. The van der Waals surface area contributed by atoms with Crippen molar-refractivity contribution in [2.45, 2.75) is 32.2 Å². The lowest BCUT2D eigenvalue weighted by Gasteiger charge is -2.36. The fourth-order valence-corrected chi connectivity index (χ4v) is 4.42. The lowest BCUT2D eigenvalue weighted by atomic mass is 10.0. The number of nitrogens with zero attached hydrogens (tertiary/aromatic N) is 3. The number of fused-ring (bicyclic) bond motifs is 1. The third kappa shape index (κ3) is 4.01. The largest absolute Gasteiger partial charge is 0.566 e. The SMILES string of the molecule is Cc1cnccc1C(=O)N1CCCC[C@@H]1COc1cccc2c1C(N)=N[S+]([O-])N2. The van der Waals surface area contributed by atoms with Crippen LogP contribution in [0, 0.1) is 6.92 Å². The summed E-state index contributed by atoms with van der Waals surface area (Å²) in [5.41, 5.74) is 8.74. The van der Waals surface area contributed by atoms with E-state index in [2.05, 4.69) is 14.1 Å². The number of aromatic nitrogens is 1. The summed E-state index contributed by atoms with van der Waals surface area (Å²) >= 11 is -1.58. The Hall–Kier alpha value is -2.78. The molecule has 1 unspecified atom stereocenters. The molecule has 0 aliphatic carbocycles. The Labute approximate surface area is 172 Å². The van der Waals surface area contributed by atoms with Crippen molar-refractivity contribution < 1.29 is 14.1 Å². The highest BCUT2D eigenvalue weighted by atomic mass is 32.2. The number of ether oxygens (including phenoxy) is 1. The van der Waals surface area contributed by atoms with Gasteiger partial charge >= 0.3 is 0 Å². The van der Waals surface area contributed by atoms with Crippen molar-refractivity contribution in [3.63, 3.8) is 0 Å². The minimum absolute atomic E-state index is 0.00595. The zero-order valence-corrected chi connectivity index (χ0v) is 16.9. The molecule has 8 nitrogen and oxygen atoms in total. The molecule has 0 radical (unpaired) electrons. The van der Waals surface area contributed by atoms with E-state index in [9.17, 15) is 9.35 Å². The molecule has 2 aromatic rings. The number of nitrogens with one attached hydrogen (secondary N) is 1. The predicted molar refractivity (Wildman–Crippen MR) is 112 cm³/mol. The van der Waals surface area contributed by atoms with Gasteiger partial charge in [-0.2, -0.15) is 4.72 Å². The van der Waals surface area contributed by atoms with Gasteiger partial charge in [-0.15, -0.1) is 0 Å². The second-order valence-electron chi connectivity index (χ2n) is 7.16. The van der Waals surface area contributed by atoms with Crippen LogP contribution in [0.2, 0.25) is 0 Å². The maximum Gasteiger partial charge on any atom is 0.254 e. The number of benzene rings is 1. The molecule has 0 saturated carbocycles. The van der Waals surface area contributed by atoms with Crippen molar-refractivity contribution in [1.29, 1.82) is 0 Å². The van der Waals surface area contributed by atoms with Crippen LogP contribution >= 0.6 is 0 Å². The first-order valence-electron chi connectivity index (χ1n) is 9.55. The molecule has 2 atom stereocenters. The molecule has 1 aromatic carbocycles. The van der Waals surface area contributed by atoms with E-state index in [0.29, 0.717) is 35.7 Å². The fraction of sp³-hybridized carbons (Fsp3) is 0.350. The van der Waals surface area contributed by atoms with Gasteiger partial charge < -0.3 is 19.9 Å². The molecule has 152 valence electrons. The molecule has 3 heterocycles. The molecule has 0 bridgehead atoms. The summed E-state index contributed by atoms with van der Waals surface area (Å²) < 4.78 is 24.4. The lowest BCUT2D eigenvalue weighted by Crippen LogP contribution is -2.47. The van der Waals surface area contributed by atoms with Gasteiger partial charge in [-0.1, -0.05) is 6.07 Å². The third-order valence-electron chi connectivity index (χ3n) is 5.23. The van der Waals surface area contributed by atoms with E-state index in [4.69, 9.17) is 10.5 Å². The number of amides is 1. The summed E-state index contributed by atoms with van der Waals surface area (Å²) in [6.45, 7) is 2.94. The van der Waals surface area contributed by atoms with E-state index in [0.717, 1.165) is 24.8 Å². The molecular weight excluding hydrogens is 390 g/mol. The molecule has 9 heteroatoms. The Balaban J connectivity index is 1.52. The van der Waals surface area contributed by atoms with Gasteiger partial charge in [0.25, 0.3) is 5.91 Å². The van der Waals surface area contributed by atoms with Crippen molar-refractivity contribution in [1.82, 2.24) is 9.88 Å². The molecule has 2 aliphatic heterocycles. The summed E-state index contributed by atoms with van der Waals surface area (Å²) in [7, 11) is 0. The number of amidine groups is 1. The van der Waals surface area contributed by atoms with Crippen molar-refractivity contribution in [2.24, 2.45) is 10.1 Å². The monoisotopic (exact) mass is 413 g/mol. The van der Waals surface area contributed by atoms with Gasteiger partial charge in [0, 0.05) is 24.5 Å². The number of carbonyl (C=O) groups is 1. The summed E-state index contributed by atoms with van der Waals surface area (Å²) in [6, 6.07) is 7.12. The number of nitrogens with two attached hydrogens (primary N) is 1. The Bertz CT molecular complexity index is 951. The van der Waals surface area contributed by atoms with E-state index in [1.165, 1.54) is 0 Å². The zero-order valence-electron chi connectivity index (χ0n) is 16.1. The Morgan fingerprint density at radius 1 is 1.41 bits per heavy atom. The van der Waals surface area contributed by atoms with Gasteiger partial charge in [-0.25, -0.2) is 0 Å². The van der Waals surface area contributed by atoms with Gasteiger partial charge in [-0.05, 0) is 54.3 Å². The van der Waals surface area contributed by atoms with Crippen molar-refractivity contribution in [3.05, 3.63) is 53.3 Å². The molecule has 1 saturated heterocycles. The van der Waals surface area contributed by atoms with Crippen molar-refractivity contribution in [3.8, 4) is 5.75 Å². The van der Waals surface area contributed by atoms with Crippen molar-refractivity contribution in [2.75, 3.05) is 17.9 Å². The van der Waals surface area contributed by atoms with E-state index in [1.54, 1.807) is 36.7 Å². The van der Waals surface area contributed by atoms with Crippen LogP contribution in [-0.2, 0) is 11.5 Å². The second-order valence-corrected chi connectivity index (χ2v) is 8.04.